The third-order valence-electron chi connectivity index (χ3n) is 3.21. The SMILES string of the molecule is Cc1cc(C)cc(C(=O)N2CCC[C@@H](N)C2)c1. The highest BCUT2D eigenvalue weighted by molar-refractivity contribution is 5.94. The van der Waals surface area contributed by atoms with Crippen molar-refractivity contribution in [2.75, 3.05) is 13.1 Å². The Bertz CT molecular complexity index is 408. The highest BCUT2D eigenvalue weighted by Gasteiger charge is 2.22. The molecule has 2 rings (SSSR count). The van der Waals surface area contributed by atoms with Gasteiger partial charge in [0.2, 0.25) is 0 Å². The van der Waals surface area contributed by atoms with Gasteiger partial charge in [-0.2, -0.15) is 0 Å². The lowest BCUT2D eigenvalue weighted by molar-refractivity contribution is 0.0708. The number of amides is 1. The van der Waals surface area contributed by atoms with Gasteiger partial charge in [0, 0.05) is 24.7 Å². The minimum atomic E-state index is 0.118. The Labute approximate surface area is 103 Å². The van der Waals surface area contributed by atoms with Crippen LogP contribution in [0.3, 0.4) is 0 Å². The molecule has 92 valence electrons. The van der Waals surface area contributed by atoms with Crippen LogP contribution in [0.2, 0.25) is 0 Å². The highest BCUT2D eigenvalue weighted by atomic mass is 16.2. The summed E-state index contributed by atoms with van der Waals surface area (Å²) in [6.07, 6.45) is 2.04. The summed E-state index contributed by atoms with van der Waals surface area (Å²) in [5.41, 5.74) is 8.96. The van der Waals surface area contributed by atoms with Gasteiger partial charge in [0.15, 0.2) is 0 Å². The number of carbonyl (C=O) groups is 1. The van der Waals surface area contributed by atoms with Gasteiger partial charge in [0.1, 0.15) is 0 Å². The average molecular weight is 232 g/mol. The maximum absolute atomic E-state index is 12.3. The van der Waals surface area contributed by atoms with E-state index in [-0.39, 0.29) is 11.9 Å². The zero-order valence-corrected chi connectivity index (χ0v) is 10.6. The molecule has 1 amide bonds. The Morgan fingerprint density at radius 3 is 2.53 bits per heavy atom. The molecule has 3 nitrogen and oxygen atoms in total. The Morgan fingerprint density at radius 1 is 1.29 bits per heavy atom. The largest absolute Gasteiger partial charge is 0.337 e. The minimum Gasteiger partial charge on any atom is -0.337 e. The van der Waals surface area contributed by atoms with Crippen molar-refractivity contribution in [2.45, 2.75) is 32.7 Å². The summed E-state index contributed by atoms with van der Waals surface area (Å²) in [6.45, 7) is 5.56. The monoisotopic (exact) mass is 232 g/mol. The Balaban J connectivity index is 2.18. The molecule has 1 aromatic rings. The smallest absolute Gasteiger partial charge is 0.253 e. The average Bonchev–Trinajstić information content (AvgIpc) is 2.26. The number of likely N-dealkylation sites (tertiary alicyclic amines) is 1. The number of hydrogen-bond acceptors (Lipinski definition) is 2. The molecule has 1 heterocycles. The molecule has 2 N–H and O–H groups in total. The van der Waals surface area contributed by atoms with Gasteiger partial charge in [-0.3, -0.25) is 4.79 Å². The third kappa shape index (κ3) is 2.86. The predicted molar refractivity (Wildman–Crippen MR) is 69.0 cm³/mol. The van der Waals surface area contributed by atoms with Gasteiger partial charge in [-0.1, -0.05) is 17.2 Å². The lowest BCUT2D eigenvalue weighted by Crippen LogP contribution is -2.45. The lowest BCUT2D eigenvalue weighted by atomic mass is 10.0. The van der Waals surface area contributed by atoms with Crippen molar-refractivity contribution in [1.82, 2.24) is 4.90 Å². The Hall–Kier alpha value is -1.35. The molecule has 3 heteroatoms. The summed E-state index contributed by atoms with van der Waals surface area (Å²) < 4.78 is 0. The molecule has 0 spiro atoms. The lowest BCUT2D eigenvalue weighted by Gasteiger charge is -2.31. The number of nitrogens with two attached hydrogens (primary N) is 1. The summed E-state index contributed by atoms with van der Waals surface area (Å²) in [5.74, 6) is 0.118. The van der Waals surface area contributed by atoms with Crippen LogP contribution in [0.15, 0.2) is 18.2 Å². The van der Waals surface area contributed by atoms with E-state index in [1.807, 2.05) is 30.9 Å². The molecule has 0 unspecified atom stereocenters. The van der Waals surface area contributed by atoms with E-state index in [0.29, 0.717) is 6.54 Å². The topological polar surface area (TPSA) is 46.3 Å². The van der Waals surface area contributed by atoms with Crippen LogP contribution in [0.1, 0.15) is 34.3 Å². The molecule has 1 aliphatic rings. The van der Waals surface area contributed by atoms with Crippen molar-refractivity contribution in [3.05, 3.63) is 34.9 Å². The standard InChI is InChI=1S/C14H20N2O/c1-10-6-11(2)8-12(7-10)14(17)16-5-3-4-13(15)9-16/h6-8,13H,3-5,9,15H2,1-2H3/t13-/m1/s1. The molecule has 1 saturated heterocycles. The minimum absolute atomic E-state index is 0.118. The highest BCUT2D eigenvalue weighted by Crippen LogP contribution is 2.15. The summed E-state index contributed by atoms with van der Waals surface area (Å²) in [6, 6.07) is 6.13. The molecule has 0 bridgehead atoms. The van der Waals surface area contributed by atoms with Crippen LogP contribution in [-0.2, 0) is 0 Å². The van der Waals surface area contributed by atoms with Crippen LogP contribution in [0, 0.1) is 13.8 Å². The van der Waals surface area contributed by atoms with Crippen molar-refractivity contribution in [3.63, 3.8) is 0 Å². The zero-order valence-electron chi connectivity index (χ0n) is 10.6. The van der Waals surface area contributed by atoms with Crippen molar-refractivity contribution >= 4 is 5.91 Å². The predicted octanol–water partition coefficient (Wildman–Crippen LogP) is 1.87. The first-order chi connectivity index (χ1) is 8.06. The first kappa shape index (κ1) is 12.1. The van der Waals surface area contributed by atoms with E-state index < -0.39 is 0 Å². The van der Waals surface area contributed by atoms with E-state index in [2.05, 4.69) is 6.07 Å². The fourth-order valence-electron chi connectivity index (χ4n) is 2.48. The fourth-order valence-corrected chi connectivity index (χ4v) is 2.48. The number of carbonyl (C=O) groups excluding carboxylic acids is 1. The third-order valence-corrected chi connectivity index (χ3v) is 3.21. The molecule has 1 fully saturated rings. The number of nitrogens with zero attached hydrogens (tertiary/aromatic N) is 1. The molecular formula is C14H20N2O. The molecule has 1 aromatic carbocycles. The van der Waals surface area contributed by atoms with Crippen LogP contribution in [-0.4, -0.2) is 29.9 Å². The van der Waals surface area contributed by atoms with Crippen LogP contribution < -0.4 is 5.73 Å². The van der Waals surface area contributed by atoms with Gasteiger partial charge in [0.05, 0.1) is 0 Å². The van der Waals surface area contributed by atoms with E-state index in [1.54, 1.807) is 0 Å². The summed E-state index contributed by atoms with van der Waals surface area (Å²) in [7, 11) is 0. The zero-order chi connectivity index (χ0) is 12.4. The Kier molecular flexibility index (Phi) is 3.48. The number of rotatable bonds is 1. The molecule has 0 aliphatic carbocycles. The van der Waals surface area contributed by atoms with Crippen molar-refractivity contribution in [3.8, 4) is 0 Å². The van der Waals surface area contributed by atoms with Crippen LogP contribution >= 0.6 is 0 Å². The maximum Gasteiger partial charge on any atom is 0.253 e. The van der Waals surface area contributed by atoms with Crippen molar-refractivity contribution < 1.29 is 4.79 Å². The fraction of sp³-hybridized carbons (Fsp3) is 0.500. The molecule has 0 radical (unpaired) electrons. The van der Waals surface area contributed by atoms with Gasteiger partial charge in [-0.05, 0) is 38.8 Å². The second-order valence-corrected chi connectivity index (χ2v) is 5.03. The number of benzene rings is 1. The summed E-state index contributed by atoms with van der Waals surface area (Å²) >= 11 is 0. The second kappa shape index (κ2) is 4.88. The van der Waals surface area contributed by atoms with Gasteiger partial charge < -0.3 is 10.6 Å². The van der Waals surface area contributed by atoms with Gasteiger partial charge in [-0.15, -0.1) is 0 Å². The van der Waals surface area contributed by atoms with E-state index in [1.165, 1.54) is 0 Å². The first-order valence-electron chi connectivity index (χ1n) is 6.19. The van der Waals surface area contributed by atoms with Gasteiger partial charge in [0.25, 0.3) is 5.91 Å². The molecule has 1 atom stereocenters. The van der Waals surface area contributed by atoms with Crippen LogP contribution in [0.4, 0.5) is 0 Å². The van der Waals surface area contributed by atoms with E-state index >= 15 is 0 Å². The summed E-state index contributed by atoms with van der Waals surface area (Å²) in [4.78, 5) is 14.2. The Morgan fingerprint density at radius 2 is 1.94 bits per heavy atom. The maximum atomic E-state index is 12.3. The molecule has 0 saturated carbocycles. The quantitative estimate of drug-likeness (QED) is 0.803. The van der Waals surface area contributed by atoms with Crippen molar-refractivity contribution in [2.24, 2.45) is 5.73 Å². The summed E-state index contributed by atoms with van der Waals surface area (Å²) in [5, 5.41) is 0. The van der Waals surface area contributed by atoms with Gasteiger partial charge in [-0.25, -0.2) is 0 Å². The van der Waals surface area contributed by atoms with Gasteiger partial charge >= 0.3 is 0 Å². The first-order valence-corrected chi connectivity index (χ1v) is 6.19. The molecule has 0 aromatic heterocycles. The second-order valence-electron chi connectivity index (χ2n) is 5.03. The number of aryl methyl sites for hydroxylation is 2. The van der Waals surface area contributed by atoms with E-state index in [0.717, 1.165) is 36.1 Å². The number of piperidine rings is 1. The molecule has 1 aliphatic heterocycles. The number of hydrogen-bond donors (Lipinski definition) is 1. The van der Waals surface area contributed by atoms with Crippen LogP contribution in [0.25, 0.3) is 0 Å². The van der Waals surface area contributed by atoms with Crippen molar-refractivity contribution in [1.29, 1.82) is 0 Å². The van der Waals surface area contributed by atoms with E-state index in [4.69, 9.17) is 5.73 Å². The van der Waals surface area contributed by atoms with E-state index in [9.17, 15) is 4.79 Å². The normalized spacial score (nSPS) is 20.4. The molecule has 17 heavy (non-hydrogen) atoms. The van der Waals surface area contributed by atoms with Crippen LogP contribution in [0.5, 0.6) is 0 Å². The molecular weight excluding hydrogens is 212 g/mol.